The van der Waals surface area contributed by atoms with Crippen molar-refractivity contribution in [2.24, 2.45) is 5.73 Å². The Morgan fingerprint density at radius 2 is 2.00 bits per heavy atom. The number of hydrogen-bond donors (Lipinski definition) is 1. The average Bonchev–Trinajstić information content (AvgIpc) is 2.26. The van der Waals surface area contributed by atoms with Crippen molar-refractivity contribution in [3.05, 3.63) is 42.2 Å². The number of benzene rings is 1. The maximum Gasteiger partial charge on any atom is 0.0894 e. The summed E-state index contributed by atoms with van der Waals surface area (Å²) in [6, 6.07) is 7.79. The predicted octanol–water partition coefficient (Wildman–Crippen LogP) is 1.60. The third kappa shape index (κ3) is 1.78. The molecule has 14 heavy (non-hydrogen) atoms. The lowest BCUT2D eigenvalue weighted by Crippen LogP contribution is -1.93. The summed E-state index contributed by atoms with van der Waals surface area (Å²) >= 11 is 0. The van der Waals surface area contributed by atoms with Crippen LogP contribution in [0.1, 0.15) is 5.69 Å². The highest BCUT2D eigenvalue weighted by Crippen LogP contribution is 2.08. The van der Waals surface area contributed by atoms with Crippen LogP contribution in [0.4, 0.5) is 0 Å². The Morgan fingerprint density at radius 3 is 2.79 bits per heavy atom. The van der Waals surface area contributed by atoms with Crippen LogP contribution in [0.25, 0.3) is 17.1 Å². The smallest absolute Gasteiger partial charge is 0.0894 e. The average molecular weight is 185 g/mol. The minimum atomic E-state index is 0.522. The summed E-state index contributed by atoms with van der Waals surface area (Å²) in [7, 11) is 0. The SMILES string of the molecule is NC/C=C/c1cnc2ccccc2n1. The molecular formula is C11H11N3. The first-order chi connectivity index (χ1) is 6.90. The number of aromatic nitrogens is 2. The fourth-order valence-electron chi connectivity index (χ4n) is 1.24. The van der Waals surface area contributed by atoms with E-state index < -0.39 is 0 Å². The monoisotopic (exact) mass is 185 g/mol. The molecule has 2 N–H and O–H groups in total. The van der Waals surface area contributed by atoms with Crippen LogP contribution in [0, 0.1) is 0 Å². The highest BCUT2D eigenvalue weighted by molar-refractivity contribution is 5.74. The number of hydrogen-bond acceptors (Lipinski definition) is 3. The van der Waals surface area contributed by atoms with E-state index in [2.05, 4.69) is 9.97 Å². The van der Waals surface area contributed by atoms with Gasteiger partial charge in [0.1, 0.15) is 0 Å². The van der Waals surface area contributed by atoms with Gasteiger partial charge in [-0.25, -0.2) is 4.98 Å². The van der Waals surface area contributed by atoms with Gasteiger partial charge >= 0.3 is 0 Å². The molecule has 0 bridgehead atoms. The topological polar surface area (TPSA) is 51.8 Å². The molecule has 0 fully saturated rings. The van der Waals surface area contributed by atoms with Crippen molar-refractivity contribution in [2.75, 3.05) is 6.54 Å². The van der Waals surface area contributed by atoms with Crippen molar-refractivity contribution in [1.82, 2.24) is 9.97 Å². The van der Waals surface area contributed by atoms with Crippen LogP contribution in [-0.2, 0) is 0 Å². The van der Waals surface area contributed by atoms with E-state index in [0.29, 0.717) is 6.54 Å². The van der Waals surface area contributed by atoms with Crippen LogP contribution in [0.5, 0.6) is 0 Å². The molecule has 1 aromatic heterocycles. The van der Waals surface area contributed by atoms with Gasteiger partial charge in [0, 0.05) is 6.54 Å². The Hall–Kier alpha value is -1.74. The fourth-order valence-corrected chi connectivity index (χ4v) is 1.24. The molecule has 0 spiro atoms. The first-order valence-electron chi connectivity index (χ1n) is 4.48. The van der Waals surface area contributed by atoms with Gasteiger partial charge in [-0.15, -0.1) is 0 Å². The van der Waals surface area contributed by atoms with Gasteiger partial charge in [-0.05, 0) is 18.2 Å². The van der Waals surface area contributed by atoms with E-state index in [1.165, 1.54) is 0 Å². The Morgan fingerprint density at radius 1 is 1.21 bits per heavy atom. The number of nitrogens with two attached hydrogens (primary N) is 1. The molecule has 0 atom stereocenters. The highest BCUT2D eigenvalue weighted by Gasteiger charge is 1.94. The van der Waals surface area contributed by atoms with Gasteiger partial charge in [0.05, 0.1) is 22.9 Å². The molecule has 0 radical (unpaired) electrons. The number of nitrogens with zero attached hydrogens (tertiary/aromatic N) is 2. The summed E-state index contributed by atoms with van der Waals surface area (Å²) in [4.78, 5) is 8.69. The van der Waals surface area contributed by atoms with Crippen molar-refractivity contribution in [3.63, 3.8) is 0 Å². The molecule has 0 aliphatic carbocycles. The van der Waals surface area contributed by atoms with E-state index in [9.17, 15) is 0 Å². The lowest BCUT2D eigenvalue weighted by molar-refractivity contribution is 1.24. The third-order valence-corrected chi connectivity index (χ3v) is 1.89. The summed E-state index contributed by atoms with van der Waals surface area (Å²) < 4.78 is 0. The molecule has 0 aliphatic heterocycles. The zero-order valence-corrected chi connectivity index (χ0v) is 7.72. The minimum absolute atomic E-state index is 0.522. The fraction of sp³-hybridized carbons (Fsp3) is 0.0909. The highest BCUT2D eigenvalue weighted by atomic mass is 14.8. The second-order valence-electron chi connectivity index (χ2n) is 2.92. The number of fused-ring (bicyclic) bond motifs is 1. The molecule has 0 unspecified atom stereocenters. The minimum Gasteiger partial charge on any atom is -0.327 e. The quantitative estimate of drug-likeness (QED) is 0.773. The molecule has 2 aromatic rings. The molecule has 0 saturated heterocycles. The van der Waals surface area contributed by atoms with E-state index in [1.807, 2.05) is 36.4 Å². The van der Waals surface area contributed by atoms with E-state index in [0.717, 1.165) is 16.7 Å². The summed E-state index contributed by atoms with van der Waals surface area (Å²) in [6.07, 6.45) is 5.48. The standard InChI is InChI=1S/C11H11N3/c12-7-3-4-9-8-13-10-5-1-2-6-11(10)14-9/h1-6,8H,7,12H2/b4-3+. The van der Waals surface area contributed by atoms with E-state index >= 15 is 0 Å². The van der Waals surface area contributed by atoms with Gasteiger partial charge in [-0.1, -0.05) is 18.2 Å². The summed E-state index contributed by atoms with van der Waals surface area (Å²) in [5.74, 6) is 0. The predicted molar refractivity (Wildman–Crippen MR) is 57.6 cm³/mol. The van der Waals surface area contributed by atoms with Gasteiger partial charge < -0.3 is 5.73 Å². The van der Waals surface area contributed by atoms with Gasteiger partial charge in [0.15, 0.2) is 0 Å². The summed E-state index contributed by atoms with van der Waals surface area (Å²) in [5, 5.41) is 0. The molecule has 3 heteroatoms. The zero-order valence-electron chi connectivity index (χ0n) is 7.72. The van der Waals surface area contributed by atoms with Crippen molar-refractivity contribution in [3.8, 4) is 0 Å². The molecule has 0 amide bonds. The van der Waals surface area contributed by atoms with Gasteiger partial charge in [-0.3, -0.25) is 4.98 Å². The molecular weight excluding hydrogens is 174 g/mol. The Kier molecular flexibility index (Phi) is 2.51. The molecule has 0 aliphatic rings. The molecule has 70 valence electrons. The van der Waals surface area contributed by atoms with Gasteiger partial charge in [0.25, 0.3) is 0 Å². The van der Waals surface area contributed by atoms with Crippen LogP contribution in [0.2, 0.25) is 0 Å². The van der Waals surface area contributed by atoms with E-state index in [4.69, 9.17) is 5.73 Å². The molecule has 1 aromatic carbocycles. The first-order valence-corrected chi connectivity index (χ1v) is 4.48. The van der Waals surface area contributed by atoms with Crippen LogP contribution in [-0.4, -0.2) is 16.5 Å². The molecule has 2 rings (SSSR count). The van der Waals surface area contributed by atoms with Crippen molar-refractivity contribution in [2.45, 2.75) is 0 Å². The van der Waals surface area contributed by atoms with E-state index in [-0.39, 0.29) is 0 Å². The van der Waals surface area contributed by atoms with Crippen LogP contribution in [0.3, 0.4) is 0 Å². The van der Waals surface area contributed by atoms with Crippen LogP contribution >= 0.6 is 0 Å². The molecule has 0 saturated carbocycles. The van der Waals surface area contributed by atoms with E-state index in [1.54, 1.807) is 6.20 Å². The van der Waals surface area contributed by atoms with Gasteiger partial charge in [-0.2, -0.15) is 0 Å². The Labute approximate surface area is 82.3 Å². The first kappa shape index (κ1) is 8.84. The third-order valence-electron chi connectivity index (χ3n) is 1.89. The molecule has 1 heterocycles. The number of para-hydroxylation sites is 2. The zero-order chi connectivity index (χ0) is 9.80. The molecule has 3 nitrogen and oxygen atoms in total. The lowest BCUT2D eigenvalue weighted by Gasteiger charge is -1.96. The van der Waals surface area contributed by atoms with Crippen LogP contribution < -0.4 is 5.73 Å². The Balaban J connectivity index is 2.46. The summed E-state index contributed by atoms with van der Waals surface area (Å²) in [6.45, 7) is 0.522. The van der Waals surface area contributed by atoms with Gasteiger partial charge in [0.2, 0.25) is 0 Å². The van der Waals surface area contributed by atoms with Crippen molar-refractivity contribution < 1.29 is 0 Å². The maximum atomic E-state index is 5.35. The maximum absolute atomic E-state index is 5.35. The van der Waals surface area contributed by atoms with Crippen LogP contribution in [0.15, 0.2) is 36.5 Å². The largest absolute Gasteiger partial charge is 0.327 e. The normalized spacial score (nSPS) is 11.2. The lowest BCUT2D eigenvalue weighted by atomic mass is 10.3. The second-order valence-corrected chi connectivity index (χ2v) is 2.92. The van der Waals surface area contributed by atoms with Crippen molar-refractivity contribution in [1.29, 1.82) is 0 Å². The summed E-state index contributed by atoms with van der Waals surface area (Å²) in [5.41, 5.74) is 8.02. The second kappa shape index (κ2) is 3.98. The van der Waals surface area contributed by atoms with Crippen molar-refractivity contribution >= 4 is 17.1 Å². The Bertz CT molecular complexity index is 463. The number of rotatable bonds is 2.